The van der Waals surface area contributed by atoms with E-state index < -0.39 is 35.7 Å². The number of amides is 12. The van der Waals surface area contributed by atoms with Crippen LogP contribution in [-0.4, -0.2) is 234 Å². The molecule has 8 aliphatic heterocycles. The Bertz CT molecular complexity index is 2910. The van der Waals surface area contributed by atoms with E-state index in [1.54, 1.807) is 50.8 Å². The van der Waals surface area contributed by atoms with E-state index in [0.717, 1.165) is 17.9 Å². The zero-order valence-electron chi connectivity index (χ0n) is 40.4. The monoisotopic (exact) mass is 1160 g/mol. The third-order valence-corrected chi connectivity index (χ3v) is 12.6. The highest BCUT2D eigenvalue weighted by Crippen LogP contribution is 2.29. The van der Waals surface area contributed by atoms with Crippen LogP contribution in [0.15, 0.2) is 71.8 Å². The fourth-order valence-corrected chi connectivity index (χ4v) is 9.08. The second-order valence-corrected chi connectivity index (χ2v) is 18.4. The quantitative estimate of drug-likeness (QED) is 0.0556. The molecule has 11 rings (SSSR count). The van der Waals surface area contributed by atoms with Crippen molar-refractivity contribution in [1.82, 2.24) is 84.7 Å². The molecule has 0 spiro atoms. The number of aromatic nitrogens is 9. The van der Waals surface area contributed by atoms with Crippen LogP contribution in [0.25, 0.3) is 17.1 Å². The Hall–Kier alpha value is -9.01. The van der Waals surface area contributed by atoms with Gasteiger partial charge in [-0.15, -0.1) is 34.9 Å². The number of nitrogens with two attached hydrogens (primary N) is 4. The van der Waals surface area contributed by atoms with E-state index in [1.165, 1.54) is 51.2 Å². The van der Waals surface area contributed by atoms with Crippen LogP contribution in [0.4, 0.5) is 19.2 Å². The first-order valence-electron chi connectivity index (χ1n) is 22.6. The molecule has 4 fully saturated rings. The van der Waals surface area contributed by atoms with E-state index in [4.69, 9.17) is 26.9 Å². The van der Waals surface area contributed by atoms with Crippen LogP contribution in [0.3, 0.4) is 0 Å². The zero-order valence-corrected chi connectivity index (χ0v) is 42.5. The molecule has 3 aromatic heterocycles. The highest BCUT2D eigenvalue weighted by atomic mass is 127. The summed E-state index contributed by atoms with van der Waals surface area (Å²) in [7, 11) is 1.77. The maximum Gasteiger partial charge on any atom is 0.345 e. The molecule has 0 saturated carbocycles. The Morgan fingerprint density at radius 3 is 1.37 bits per heavy atom. The molecule has 9 N–H and O–H groups in total. The van der Waals surface area contributed by atoms with E-state index in [2.05, 4.69) is 84.9 Å². The van der Waals surface area contributed by atoms with Crippen LogP contribution in [0.2, 0.25) is 0 Å². The number of carbonyl (C=O) groups is 8. The van der Waals surface area contributed by atoms with Crippen LogP contribution < -0.4 is 22.9 Å². The van der Waals surface area contributed by atoms with Crippen LogP contribution in [-0.2, 0) is 14.5 Å². The number of rotatable bonds is 12. The minimum Gasteiger partial charge on any atom is -0.364 e. The van der Waals surface area contributed by atoms with Gasteiger partial charge in [-0.1, -0.05) is 27.8 Å². The van der Waals surface area contributed by atoms with Crippen LogP contribution in [0.5, 0.6) is 0 Å². The van der Waals surface area contributed by atoms with Gasteiger partial charge >= 0.3 is 24.1 Å². The van der Waals surface area contributed by atoms with Crippen molar-refractivity contribution in [3.8, 4) is 12.3 Å². The first-order valence-corrected chi connectivity index (χ1v) is 23.6. The van der Waals surface area contributed by atoms with E-state index in [0.29, 0.717) is 63.2 Å². The number of hydroxylamine groups is 6. The lowest BCUT2D eigenvalue weighted by Gasteiger charge is -2.20. The molecule has 33 heteroatoms. The van der Waals surface area contributed by atoms with E-state index in [-0.39, 0.29) is 59.9 Å². The molecule has 0 aliphatic carbocycles. The molecular formula is C43H50IN21O11. The predicted molar refractivity (Wildman–Crippen MR) is 269 cm³/mol. The smallest absolute Gasteiger partial charge is 0.345 e. The Kier molecular flexibility index (Phi) is 16.9. The molecule has 8 aliphatic rings. The van der Waals surface area contributed by atoms with E-state index in [1.807, 2.05) is 12.2 Å². The summed E-state index contributed by atoms with van der Waals surface area (Å²) < 4.78 is 5.51. The molecule has 8 bridgehead atoms. The number of hydrogen-bond acceptors (Lipinski definition) is 17. The predicted octanol–water partition coefficient (Wildman–Crippen LogP) is -2.20. The van der Waals surface area contributed by atoms with E-state index >= 15 is 0 Å². The maximum atomic E-state index is 12.1. The minimum atomic E-state index is -0.718. The van der Waals surface area contributed by atoms with Crippen molar-refractivity contribution in [2.75, 3.05) is 72.6 Å². The summed E-state index contributed by atoms with van der Waals surface area (Å²) in [4.78, 5) is 108. The van der Waals surface area contributed by atoms with Crippen molar-refractivity contribution < 1.29 is 53.2 Å². The number of primary amides is 4. The summed E-state index contributed by atoms with van der Waals surface area (Å²) in [6, 6.07) is -1.18. The first-order chi connectivity index (χ1) is 36.2. The fraction of sp³-hybridized carbons (Fsp3) is 0.349. The van der Waals surface area contributed by atoms with Crippen LogP contribution in [0, 0.1) is 12.3 Å². The molecule has 400 valence electrons. The lowest BCUT2D eigenvalue weighted by Crippen LogP contribution is -2.33. The minimum absolute atomic E-state index is 0.00138. The topological polar surface area (TPSA) is 397 Å². The highest BCUT2D eigenvalue weighted by Gasteiger charge is 2.43. The number of fused-ring (bicyclic) bond motifs is 8. The number of urea groups is 4. The zero-order chi connectivity index (χ0) is 55.1. The third kappa shape index (κ3) is 12.2. The van der Waals surface area contributed by atoms with Gasteiger partial charge in [0.2, 0.25) is 0 Å². The first kappa shape index (κ1) is 54.8. The van der Waals surface area contributed by atoms with Crippen molar-refractivity contribution in [2.24, 2.45) is 22.9 Å². The summed E-state index contributed by atoms with van der Waals surface area (Å²) in [5.41, 5.74) is 22.2. The summed E-state index contributed by atoms with van der Waals surface area (Å²) >= 11 is 2.25. The van der Waals surface area contributed by atoms with Gasteiger partial charge in [-0.25, -0.2) is 33.2 Å². The van der Waals surface area contributed by atoms with Gasteiger partial charge in [0.25, 0.3) is 23.6 Å². The van der Waals surface area contributed by atoms with Gasteiger partial charge in [0.05, 0.1) is 99.2 Å². The van der Waals surface area contributed by atoms with Gasteiger partial charge in [0.15, 0.2) is 17.1 Å². The Balaban J connectivity index is 0.000000144. The van der Waals surface area contributed by atoms with Gasteiger partial charge in [0, 0.05) is 36.8 Å². The van der Waals surface area contributed by atoms with Crippen molar-refractivity contribution in [2.45, 2.75) is 24.2 Å². The number of hydrogen-bond donors (Lipinski definition) is 5. The second kappa shape index (κ2) is 23.5. The number of likely N-dealkylation sites (N-methyl/N-ethyl adjacent to an activating group) is 1. The lowest BCUT2D eigenvalue weighted by molar-refractivity contribution is -0.112. The molecule has 4 atom stereocenters. The third-order valence-electron chi connectivity index (χ3n) is 11.9. The van der Waals surface area contributed by atoms with Gasteiger partial charge in [0.1, 0.15) is 0 Å². The average Bonchev–Trinajstić information content (AvgIpc) is 4.30. The summed E-state index contributed by atoms with van der Waals surface area (Å²) in [6.07, 6.45) is 19.6. The summed E-state index contributed by atoms with van der Waals surface area (Å²) in [5.74, 6) is -0.979. The fourth-order valence-electron chi connectivity index (χ4n) is 8.26. The van der Waals surface area contributed by atoms with Gasteiger partial charge in [-0.05, 0) is 52.8 Å². The van der Waals surface area contributed by atoms with Crippen molar-refractivity contribution in [3.63, 3.8) is 0 Å². The average molecular weight is 1160 g/mol. The highest BCUT2D eigenvalue weighted by molar-refractivity contribution is 14.1. The molecular weight excluding hydrogens is 1110 g/mol. The van der Waals surface area contributed by atoms with E-state index in [9.17, 15) is 43.6 Å². The van der Waals surface area contributed by atoms with Gasteiger partial charge in [-0.2, -0.15) is 15.2 Å². The van der Waals surface area contributed by atoms with Crippen molar-refractivity contribution in [3.05, 3.63) is 88.9 Å². The summed E-state index contributed by atoms with van der Waals surface area (Å²) in [5, 5.41) is 35.4. The lowest BCUT2D eigenvalue weighted by atomic mass is 10.2. The standard InChI is InChI=1S/C12H14N6O3.C10H12N6O2.C9H11IN2O2.C9H10N6O3.C3H3NO/c1-2-3-21-18-9-4-8(5-16(6-9)12(18)20)17-7-10(11(13)19)14-15-17;1-14-6-2-7(4-15(3-6)10(14)18)16-5-8(9(11)17)12-13-16;1-2-3-14-12-8-4-7(10)5-11(6-8)9(12)13;10-8(16)7-4-14(12-11-7)5-1-6-3-13(2-5)9(17)15(6)18;1-2-3(4)5/h2,4,7,9H,1,3,5-6H2,(H2,13,19);2,5-6H,3-4H2,1H3,(H2,11,17);2,4,8H,1,3,5-6H2;1,4,6,18H,2-3H2,(H2,10,16);1H,(H2,4,5). The number of nitrogens with zero attached hydrogens (tertiary/aromatic N) is 17. The Labute approximate surface area is 444 Å². The number of terminal acetylenes is 1. The molecule has 12 amide bonds. The van der Waals surface area contributed by atoms with Crippen LogP contribution >= 0.6 is 22.6 Å². The molecule has 32 nitrogen and oxygen atoms in total. The van der Waals surface area contributed by atoms with Crippen molar-refractivity contribution >= 4 is 87.4 Å². The molecule has 0 radical (unpaired) electrons. The molecule has 3 aromatic rings. The molecule has 4 saturated heterocycles. The van der Waals surface area contributed by atoms with Crippen molar-refractivity contribution in [1.29, 1.82) is 0 Å². The number of carbonyl (C=O) groups excluding carboxylic acids is 8. The summed E-state index contributed by atoms with van der Waals surface area (Å²) in [6.45, 7) is 12.0. The molecule has 76 heavy (non-hydrogen) atoms. The Morgan fingerprint density at radius 1 is 0.632 bits per heavy atom. The largest absolute Gasteiger partial charge is 0.364 e. The Morgan fingerprint density at radius 2 is 0.987 bits per heavy atom. The molecule has 4 unspecified atom stereocenters. The van der Waals surface area contributed by atoms with Crippen LogP contribution in [0.1, 0.15) is 31.5 Å². The number of halogens is 1. The van der Waals surface area contributed by atoms with Gasteiger partial charge in [-0.3, -0.25) is 34.1 Å². The maximum absolute atomic E-state index is 12.1. The normalized spacial score (nSPS) is 21.3. The van der Waals surface area contributed by atoms with Gasteiger partial charge < -0.3 is 47.4 Å². The molecule has 11 heterocycles. The molecule has 0 aromatic carbocycles. The second-order valence-electron chi connectivity index (χ2n) is 17.0. The SMILES string of the molecule is C#CC(N)=O.C=CCON1C(=O)N2CC(I)=CC1C2.C=CCON1C(=O)N2CC(n3cc(C(N)=O)nn3)=CC1C2.CN1C(=O)N2CC(n3cc(C(N)=O)nn3)=CC1C2.NC(=O)c1cn(C2=CC3CN(C2)C(=O)N3O)nn1.